The number of halogens is 2. The molecule has 0 bridgehead atoms. The number of aliphatic carboxylic acids is 1. The van der Waals surface area contributed by atoms with Gasteiger partial charge in [0.15, 0.2) is 0 Å². The molecule has 1 aromatic heterocycles. The predicted octanol–water partition coefficient (Wildman–Crippen LogP) is 2.88. The summed E-state index contributed by atoms with van der Waals surface area (Å²) in [6, 6.07) is 9.72. The van der Waals surface area contributed by atoms with Crippen molar-refractivity contribution in [1.29, 1.82) is 0 Å². The molecule has 16 heteroatoms. The summed E-state index contributed by atoms with van der Waals surface area (Å²) < 4.78 is 59.9. The van der Waals surface area contributed by atoms with Crippen LogP contribution in [0, 0.1) is 18.6 Å². The molecular formula is C33H33F2N5O8S. The van der Waals surface area contributed by atoms with Crippen LogP contribution in [0.3, 0.4) is 0 Å². The van der Waals surface area contributed by atoms with Crippen LogP contribution >= 0.6 is 0 Å². The molecule has 0 saturated carbocycles. The SMILES string of the molecule is Cc1cn(C)c(=O)n(-c2ccc(C[C@H](NC(=O)c3cc(F)c(NS(=O)(=O)c4ccc(C(=O)NC(C)(C)C)cc4)cc3F)C(=O)O)cc2)c1=O. The van der Waals surface area contributed by atoms with Gasteiger partial charge in [-0.15, -0.1) is 0 Å². The van der Waals surface area contributed by atoms with E-state index in [4.69, 9.17) is 0 Å². The molecule has 4 rings (SSSR count). The number of amides is 2. The molecule has 0 unspecified atom stereocenters. The molecule has 0 aliphatic heterocycles. The second kappa shape index (κ2) is 13.8. The van der Waals surface area contributed by atoms with E-state index in [0.717, 1.165) is 16.7 Å². The van der Waals surface area contributed by atoms with E-state index in [1.807, 2.05) is 4.72 Å². The van der Waals surface area contributed by atoms with Gasteiger partial charge in [-0.2, -0.15) is 0 Å². The number of aryl methyl sites for hydroxylation is 2. The summed E-state index contributed by atoms with van der Waals surface area (Å²) >= 11 is 0. The van der Waals surface area contributed by atoms with Crippen molar-refractivity contribution in [2.75, 3.05) is 4.72 Å². The van der Waals surface area contributed by atoms with Crippen molar-refractivity contribution < 1.29 is 36.7 Å². The zero-order valence-corrected chi connectivity index (χ0v) is 27.8. The lowest BCUT2D eigenvalue weighted by atomic mass is 10.0. The van der Waals surface area contributed by atoms with Crippen LogP contribution < -0.4 is 26.6 Å². The number of carboxylic acid groups (broad SMARTS) is 1. The number of sulfonamides is 1. The number of nitrogens with zero attached hydrogens (tertiary/aromatic N) is 2. The first-order chi connectivity index (χ1) is 22.8. The molecule has 258 valence electrons. The summed E-state index contributed by atoms with van der Waals surface area (Å²) in [7, 11) is -2.98. The van der Waals surface area contributed by atoms with E-state index >= 15 is 8.78 Å². The minimum absolute atomic E-state index is 0.171. The lowest BCUT2D eigenvalue weighted by Crippen LogP contribution is -2.42. The number of carbonyl (C=O) groups is 3. The van der Waals surface area contributed by atoms with E-state index < -0.39 is 73.5 Å². The average molecular weight is 698 g/mol. The normalized spacial score (nSPS) is 12.2. The maximum Gasteiger partial charge on any atom is 0.335 e. The van der Waals surface area contributed by atoms with E-state index in [0.29, 0.717) is 23.3 Å². The summed E-state index contributed by atoms with van der Waals surface area (Å²) in [4.78, 5) is 61.9. The first-order valence-corrected chi connectivity index (χ1v) is 16.1. The van der Waals surface area contributed by atoms with Crippen molar-refractivity contribution in [3.63, 3.8) is 0 Å². The second-order valence-corrected chi connectivity index (χ2v) is 13.9. The number of carboxylic acids is 1. The first-order valence-electron chi connectivity index (χ1n) is 14.6. The van der Waals surface area contributed by atoms with Gasteiger partial charge >= 0.3 is 11.7 Å². The Morgan fingerprint density at radius 1 is 0.918 bits per heavy atom. The average Bonchev–Trinajstić information content (AvgIpc) is 3.01. The quantitative estimate of drug-likeness (QED) is 0.195. The van der Waals surface area contributed by atoms with Gasteiger partial charge in [-0.05, 0) is 75.7 Å². The fraction of sp³-hybridized carbons (Fsp3) is 0.242. The minimum Gasteiger partial charge on any atom is -0.480 e. The minimum atomic E-state index is -4.46. The smallest absolute Gasteiger partial charge is 0.335 e. The van der Waals surface area contributed by atoms with E-state index in [1.165, 1.54) is 54.2 Å². The third kappa shape index (κ3) is 8.45. The molecule has 49 heavy (non-hydrogen) atoms. The van der Waals surface area contributed by atoms with Gasteiger partial charge < -0.3 is 20.3 Å². The van der Waals surface area contributed by atoms with E-state index in [2.05, 4.69) is 10.6 Å². The van der Waals surface area contributed by atoms with Gasteiger partial charge in [0, 0.05) is 42.4 Å². The molecule has 3 aromatic carbocycles. The molecule has 0 spiro atoms. The summed E-state index contributed by atoms with van der Waals surface area (Å²) in [6.45, 7) is 6.86. The topological polar surface area (TPSA) is 186 Å². The Morgan fingerprint density at radius 3 is 2.10 bits per heavy atom. The largest absolute Gasteiger partial charge is 0.480 e. The van der Waals surface area contributed by atoms with Crippen LogP contribution in [0.25, 0.3) is 5.69 Å². The Hall–Kier alpha value is -5.64. The summed E-state index contributed by atoms with van der Waals surface area (Å²) in [6.07, 6.45) is 1.09. The first kappa shape index (κ1) is 36.2. The van der Waals surface area contributed by atoms with Crippen molar-refractivity contribution >= 4 is 33.5 Å². The van der Waals surface area contributed by atoms with Crippen LogP contribution in [0.1, 0.15) is 52.6 Å². The Kier molecular flexibility index (Phi) is 10.2. The Labute approximate surface area is 279 Å². The van der Waals surface area contributed by atoms with E-state index in [9.17, 15) is 37.5 Å². The monoisotopic (exact) mass is 697 g/mol. The lowest BCUT2D eigenvalue weighted by Gasteiger charge is -2.20. The summed E-state index contributed by atoms with van der Waals surface area (Å²) in [5.41, 5.74) is -2.28. The number of carbonyl (C=O) groups excluding carboxylic acids is 2. The molecule has 0 fully saturated rings. The van der Waals surface area contributed by atoms with Gasteiger partial charge in [0.2, 0.25) is 0 Å². The van der Waals surface area contributed by atoms with Gasteiger partial charge in [0.1, 0.15) is 17.7 Å². The molecular weight excluding hydrogens is 664 g/mol. The zero-order chi connectivity index (χ0) is 36.4. The zero-order valence-electron chi connectivity index (χ0n) is 27.0. The van der Waals surface area contributed by atoms with Gasteiger partial charge in [-0.25, -0.2) is 31.4 Å². The maximum absolute atomic E-state index is 15.0. The summed E-state index contributed by atoms with van der Waals surface area (Å²) in [5, 5.41) is 14.6. The van der Waals surface area contributed by atoms with E-state index in [1.54, 1.807) is 27.7 Å². The van der Waals surface area contributed by atoms with Crippen molar-refractivity contribution in [2.45, 2.75) is 50.6 Å². The van der Waals surface area contributed by atoms with Crippen LogP contribution in [0.4, 0.5) is 14.5 Å². The Morgan fingerprint density at radius 2 is 1.53 bits per heavy atom. The third-order valence-corrected chi connectivity index (χ3v) is 8.50. The summed E-state index contributed by atoms with van der Waals surface area (Å²) in [5.74, 6) is -5.89. The van der Waals surface area contributed by atoms with Crippen molar-refractivity contribution in [3.05, 3.63) is 122 Å². The Balaban J connectivity index is 1.48. The number of anilines is 1. The van der Waals surface area contributed by atoms with Crippen LogP contribution in [0.15, 0.2) is 81.3 Å². The Bertz CT molecular complexity index is 2140. The number of hydrogen-bond acceptors (Lipinski definition) is 7. The molecule has 4 aromatic rings. The highest BCUT2D eigenvalue weighted by Gasteiger charge is 2.26. The number of nitrogens with one attached hydrogen (secondary N) is 3. The molecule has 0 aliphatic carbocycles. The highest BCUT2D eigenvalue weighted by Crippen LogP contribution is 2.24. The van der Waals surface area contributed by atoms with Gasteiger partial charge in [-0.3, -0.25) is 19.1 Å². The number of rotatable bonds is 10. The van der Waals surface area contributed by atoms with Crippen LogP contribution in [-0.2, 0) is 28.3 Å². The second-order valence-electron chi connectivity index (χ2n) is 12.2. The van der Waals surface area contributed by atoms with Crippen LogP contribution in [0.2, 0.25) is 0 Å². The van der Waals surface area contributed by atoms with Gasteiger partial charge in [-0.1, -0.05) is 12.1 Å². The van der Waals surface area contributed by atoms with Crippen LogP contribution in [0.5, 0.6) is 0 Å². The molecule has 2 amide bonds. The maximum atomic E-state index is 15.0. The highest BCUT2D eigenvalue weighted by atomic mass is 32.2. The molecule has 13 nitrogen and oxygen atoms in total. The fourth-order valence-corrected chi connectivity index (χ4v) is 5.76. The lowest BCUT2D eigenvalue weighted by molar-refractivity contribution is -0.139. The number of aromatic nitrogens is 2. The van der Waals surface area contributed by atoms with Gasteiger partial charge in [0.25, 0.3) is 27.4 Å². The molecule has 4 N–H and O–H groups in total. The molecule has 0 aliphatic rings. The molecule has 1 heterocycles. The number of hydrogen-bond donors (Lipinski definition) is 4. The molecule has 1 atom stereocenters. The molecule has 0 radical (unpaired) electrons. The van der Waals surface area contributed by atoms with E-state index in [-0.39, 0.29) is 22.6 Å². The van der Waals surface area contributed by atoms with Crippen molar-refractivity contribution in [1.82, 2.24) is 19.8 Å². The standard InChI is InChI=1S/C33H33F2N5O8S/c1-18-17-39(5)32(46)40(30(18)43)21-10-6-19(7-11-21)14-27(31(44)45)36-29(42)23-15-25(35)26(16-24(23)34)38-49(47,48)22-12-8-20(9-13-22)28(41)37-33(2,3)4/h6-13,15-17,27,38H,14H2,1-5H3,(H,36,42)(H,37,41)(H,44,45)/t27-/m0/s1. The number of benzene rings is 3. The fourth-order valence-electron chi connectivity index (χ4n) is 4.70. The third-order valence-electron chi connectivity index (χ3n) is 7.12. The van der Waals surface area contributed by atoms with Crippen molar-refractivity contribution in [3.8, 4) is 5.69 Å². The van der Waals surface area contributed by atoms with Crippen molar-refractivity contribution in [2.24, 2.45) is 7.05 Å². The van der Waals surface area contributed by atoms with Gasteiger partial charge in [0.05, 0.1) is 21.8 Å². The highest BCUT2D eigenvalue weighted by molar-refractivity contribution is 7.92. The van der Waals surface area contributed by atoms with Crippen LogP contribution in [-0.4, -0.2) is 52.0 Å². The molecule has 0 saturated heterocycles. The predicted molar refractivity (Wildman–Crippen MR) is 175 cm³/mol.